The number of benzene rings is 3. The maximum atomic E-state index is 13.0. The quantitative estimate of drug-likeness (QED) is 0.0947. The molecule has 2 amide bonds. The predicted octanol–water partition coefficient (Wildman–Crippen LogP) is 2.71. The van der Waals surface area contributed by atoms with E-state index in [2.05, 4.69) is 45.3 Å². The Balaban J connectivity index is 1.08. The number of sulfonamides is 1. The van der Waals surface area contributed by atoms with Gasteiger partial charge in [-0.15, -0.1) is 0 Å². The summed E-state index contributed by atoms with van der Waals surface area (Å²) in [6.07, 6.45) is 3.37. The van der Waals surface area contributed by atoms with Crippen molar-refractivity contribution in [2.75, 3.05) is 35.2 Å². The lowest BCUT2D eigenvalue weighted by Gasteiger charge is -2.22. The van der Waals surface area contributed by atoms with Crippen LogP contribution in [0.3, 0.4) is 0 Å². The number of nitrogens with one attached hydrogen (secondary N) is 3. The van der Waals surface area contributed by atoms with Crippen molar-refractivity contribution in [1.29, 1.82) is 0 Å². The van der Waals surface area contributed by atoms with Crippen molar-refractivity contribution < 1.29 is 28.5 Å². The van der Waals surface area contributed by atoms with Crippen LogP contribution in [0.1, 0.15) is 47.5 Å². The highest BCUT2D eigenvalue weighted by molar-refractivity contribution is 7.89. The molecule has 0 spiro atoms. The van der Waals surface area contributed by atoms with Gasteiger partial charge in [-0.2, -0.15) is 15.1 Å². The second kappa shape index (κ2) is 15.9. The van der Waals surface area contributed by atoms with Crippen LogP contribution in [-0.2, 0) is 16.6 Å². The molecule has 2 aliphatic rings. The molecule has 18 heteroatoms. The van der Waals surface area contributed by atoms with Crippen LogP contribution in [-0.4, -0.2) is 97.0 Å². The largest absolute Gasteiger partial charge is 0.392 e. The summed E-state index contributed by atoms with van der Waals surface area (Å²) in [4.78, 5) is 29.6. The van der Waals surface area contributed by atoms with E-state index in [1.807, 2.05) is 41.3 Å². The third kappa shape index (κ3) is 8.03. The molecule has 17 nitrogen and oxygen atoms in total. The first-order chi connectivity index (χ1) is 27.6. The van der Waals surface area contributed by atoms with Crippen LogP contribution in [0.4, 0.5) is 22.2 Å². The van der Waals surface area contributed by atoms with Gasteiger partial charge in [-0.1, -0.05) is 66.7 Å². The Hall–Kier alpha value is -5.92. The molecule has 1 saturated heterocycles. The molecule has 57 heavy (non-hydrogen) atoms. The van der Waals surface area contributed by atoms with E-state index >= 15 is 0 Å². The first kappa shape index (κ1) is 38.0. The van der Waals surface area contributed by atoms with Crippen molar-refractivity contribution in [2.45, 2.75) is 60.6 Å². The summed E-state index contributed by atoms with van der Waals surface area (Å²) >= 11 is 0. The average molecular weight is 794 g/mol. The van der Waals surface area contributed by atoms with Gasteiger partial charge in [0, 0.05) is 49.0 Å². The van der Waals surface area contributed by atoms with Crippen LogP contribution in [0.15, 0.2) is 109 Å². The number of nitrogens with zero attached hydrogens (tertiary/aromatic N) is 7. The molecule has 1 aliphatic heterocycles. The molecular formula is C39H43N11O6S. The highest BCUT2D eigenvalue weighted by atomic mass is 32.2. The molecule has 0 bridgehead atoms. The average Bonchev–Trinajstić information content (AvgIpc) is 4.03. The van der Waals surface area contributed by atoms with Gasteiger partial charge >= 0.3 is 6.03 Å². The second-order valence-electron chi connectivity index (χ2n) is 14.4. The number of primary sulfonamides is 1. The van der Waals surface area contributed by atoms with Gasteiger partial charge in [-0.3, -0.25) is 4.68 Å². The standard InChI is InChI=1S/C39H43N11O6S/c40-57(55,56)29-13-7-12-27(16-29)44-39(54)45-28-14-15-48(21-28)38-46-36(41-19-30(25-8-3-1-4-9-25)26-10-5-2-6-11-26)33-37(47-38)49(23-42-33)31-17-32(35(53)34(31)52)50-20-24(22-51)18-43-50/h1-13,16,18,20,23,28,30-32,34-35,51-53H,14-15,17,19,21-22H2,(H2,40,55,56)(H,41,46,47)(H2,44,45,54)/t28?,31-,32+,34+,35-/m1/s1. The Morgan fingerprint density at radius 1 is 0.947 bits per heavy atom. The van der Waals surface area contributed by atoms with Gasteiger partial charge in [0.1, 0.15) is 12.2 Å². The molecule has 0 radical (unpaired) electrons. The molecule has 2 fully saturated rings. The van der Waals surface area contributed by atoms with Crippen LogP contribution >= 0.6 is 0 Å². The number of anilines is 3. The number of amides is 2. The van der Waals surface area contributed by atoms with Crippen molar-refractivity contribution in [2.24, 2.45) is 5.14 Å². The van der Waals surface area contributed by atoms with Crippen molar-refractivity contribution >= 4 is 44.7 Å². The number of hydrogen-bond donors (Lipinski definition) is 7. The van der Waals surface area contributed by atoms with Crippen LogP contribution in [0, 0.1) is 0 Å². The molecule has 3 aromatic carbocycles. The van der Waals surface area contributed by atoms with Gasteiger partial charge in [0.05, 0.1) is 36.1 Å². The van der Waals surface area contributed by atoms with Crippen molar-refractivity contribution in [3.05, 3.63) is 120 Å². The van der Waals surface area contributed by atoms with Gasteiger partial charge in [0.15, 0.2) is 17.0 Å². The highest BCUT2D eigenvalue weighted by Crippen LogP contribution is 2.40. The number of nitrogens with two attached hydrogens (primary N) is 1. The zero-order chi connectivity index (χ0) is 39.7. The third-order valence-electron chi connectivity index (χ3n) is 10.7. The number of rotatable bonds is 12. The Morgan fingerprint density at radius 3 is 2.35 bits per heavy atom. The summed E-state index contributed by atoms with van der Waals surface area (Å²) in [5.41, 5.74) is 4.05. The molecule has 1 saturated carbocycles. The number of carbonyl (C=O) groups excluding carboxylic acids is 1. The number of aliphatic hydroxyl groups excluding tert-OH is 3. The van der Waals surface area contributed by atoms with Gasteiger partial charge in [0.2, 0.25) is 16.0 Å². The lowest BCUT2D eigenvalue weighted by Crippen LogP contribution is -2.40. The minimum absolute atomic E-state index is 0.0297. The lowest BCUT2D eigenvalue weighted by atomic mass is 9.91. The van der Waals surface area contributed by atoms with Gasteiger partial charge in [0.25, 0.3) is 0 Å². The SMILES string of the molecule is NS(=O)(=O)c1cccc(NC(=O)NC2CCN(c3nc(NCC(c4ccccc4)c4ccccc4)c4ncn([C@@H]5C[C@H](n6cc(CO)cn6)[C@@H](O)[C@H]5O)c4n3)C2)c1. The fourth-order valence-electron chi connectivity index (χ4n) is 7.74. The first-order valence-corrected chi connectivity index (χ1v) is 20.1. The van der Waals surface area contributed by atoms with E-state index < -0.39 is 40.3 Å². The summed E-state index contributed by atoms with van der Waals surface area (Å²) in [6.45, 7) is 1.17. The number of fused-ring (bicyclic) bond motifs is 1. The smallest absolute Gasteiger partial charge is 0.319 e. The fraction of sp³-hybridized carbons (Fsp3) is 0.308. The monoisotopic (exact) mass is 793 g/mol. The Morgan fingerprint density at radius 2 is 1.67 bits per heavy atom. The first-order valence-electron chi connectivity index (χ1n) is 18.6. The minimum Gasteiger partial charge on any atom is -0.392 e. The number of urea groups is 1. The molecule has 8 N–H and O–H groups in total. The third-order valence-corrected chi connectivity index (χ3v) is 11.6. The van der Waals surface area contributed by atoms with E-state index in [-0.39, 0.29) is 29.1 Å². The molecule has 1 aliphatic carbocycles. The molecule has 5 atom stereocenters. The van der Waals surface area contributed by atoms with Crippen LogP contribution < -0.4 is 26.0 Å². The summed E-state index contributed by atoms with van der Waals surface area (Å²) in [6, 6.07) is 24.1. The molecule has 296 valence electrons. The maximum absolute atomic E-state index is 13.0. The molecule has 1 unspecified atom stereocenters. The van der Waals surface area contributed by atoms with Gasteiger partial charge < -0.3 is 40.7 Å². The maximum Gasteiger partial charge on any atom is 0.319 e. The van der Waals surface area contributed by atoms with E-state index in [1.54, 1.807) is 27.8 Å². The number of aromatic nitrogens is 6. The zero-order valence-electron chi connectivity index (χ0n) is 30.7. The number of aliphatic hydroxyl groups is 3. The van der Waals surface area contributed by atoms with E-state index in [4.69, 9.17) is 20.1 Å². The summed E-state index contributed by atoms with van der Waals surface area (Å²) < 4.78 is 27.0. The second-order valence-corrected chi connectivity index (χ2v) is 16.0. The van der Waals surface area contributed by atoms with E-state index in [0.717, 1.165) is 11.1 Å². The molecule has 3 aromatic heterocycles. The number of hydrogen-bond acceptors (Lipinski definition) is 12. The zero-order valence-corrected chi connectivity index (χ0v) is 31.5. The normalized spacial score (nSPS) is 21.0. The van der Waals surface area contributed by atoms with E-state index in [9.17, 15) is 28.5 Å². The van der Waals surface area contributed by atoms with Gasteiger partial charge in [-0.25, -0.2) is 23.3 Å². The number of carbonyl (C=O) groups is 1. The summed E-state index contributed by atoms with van der Waals surface area (Å²) in [5.74, 6) is 0.842. The summed E-state index contributed by atoms with van der Waals surface area (Å²) in [7, 11) is -3.95. The Bertz CT molecular complexity index is 2430. The van der Waals surface area contributed by atoms with Crippen LogP contribution in [0.5, 0.6) is 0 Å². The molecular weight excluding hydrogens is 751 g/mol. The summed E-state index contributed by atoms with van der Waals surface area (Å²) in [5, 5.41) is 51.0. The Kier molecular flexibility index (Phi) is 10.6. The lowest BCUT2D eigenvalue weighted by molar-refractivity contribution is 0.00720. The fourth-order valence-corrected chi connectivity index (χ4v) is 8.30. The predicted molar refractivity (Wildman–Crippen MR) is 212 cm³/mol. The van der Waals surface area contributed by atoms with Crippen LogP contribution in [0.2, 0.25) is 0 Å². The minimum atomic E-state index is -3.95. The molecule has 4 heterocycles. The van der Waals surface area contributed by atoms with E-state index in [0.29, 0.717) is 61.0 Å². The van der Waals surface area contributed by atoms with Crippen LogP contribution in [0.25, 0.3) is 11.2 Å². The van der Waals surface area contributed by atoms with E-state index in [1.165, 1.54) is 24.4 Å². The Labute approximate surface area is 328 Å². The van der Waals surface area contributed by atoms with Crippen molar-refractivity contribution in [3.63, 3.8) is 0 Å². The van der Waals surface area contributed by atoms with Gasteiger partial charge in [-0.05, 0) is 42.2 Å². The van der Waals surface area contributed by atoms with Crippen molar-refractivity contribution in [1.82, 2.24) is 34.6 Å². The molecule has 6 aromatic rings. The number of imidazole rings is 1. The highest BCUT2D eigenvalue weighted by Gasteiger charge is 2.44. The molecule has 8 rings (SSSR count). The topological polar surface area (TPSA) is 239 Å². The van der Waals surface area contributed by atoms with Crippen molar-refractivity contribution in [3.8, 4) is 0 Å².